The predicted molar refractivity (Wildman–Crippen MR) is 81.6 cm³/mol. The molecule has 1 aliphatic rings. The van der Waals surface area contributed by atoms with E-state index in [1.807, 2.05) is 0 Å². The van der Waals surface area contributed by atoms with Crippen molar-refractivity contribution in [2.75, 3.05) is 19.4 Å². The zero-order valence-electron chi connectivity index (χ0n) is 12.5. The summed E-state index contributed by atoms with van der Waals surface area (Å²) >= 11 is 0. The van der Waals surface area contributed by atoms with E-state index in [0.717, 1.165) is 25.7 Å². The van der Waals surface area contributed by atoms with Crippen molar-refractivity contribution in [3.63, 3.8) is 0 Å². The Balaban J connectivity index is 2.28. The minimum atomic E-state index is -0.408. The lowest BCUT2D eigenvalue weighted by molar-refractivity contribution is -0.384. The second kappa shape index (κ2) is 6.56. The molecule has 6 nitrogen and oxygen atoms in total. The lowest BCUT2D eigenvalue weighted by Gasteiger charge is -2.24. The third kappa shape index (κ3) is 3.71. The van der Waals surface area contributed by atoms with Crippen LogP contribution in [0, 0.1) is 10.1 Å². The minimum absolute atomic E-state index is 0.0240. The summed E-state index contributed by atoms with van der Waals surface area (Å²) in [7, 11) is 3.33. The molecule has 0 radical (unpaired) electrons. The Labute approximate surface area is 124 Å². The second-order valence-corrected chi connectivity index (χ2v) is 5.67. The van der Waals surface area contributed by atoms with E-state index >= 15 is 0 Å². The average molecular weight is 291 g/mol. The Bertz CT molecular complexity index is 537. The van der Waals surface area contributed by atoms with Crippen LogP contribution in [-0.2, 0) is 0 Å². The monoisotopic (exact) mass is 291 g/mol. The normalized spacial score (nSPS) is 15.5. The summed E-state index contributed by atoms with van der Waals surface area (Å²) < 4.78 is 0. The van der Waals surface area contributed by atoms with Crippen molar-refractivity contribution in [2.45, 2.75) is 38.1 Å². The third-order valence-corrected chi connectivity index (χ3v) is 3.81. The molecule has 0 aliphatic heterocycles. The first-order chi connectivity index (χ1) is 9.99. The van der Waals surface area contributed by atoms with E-state index in [4.69, 9.17) is 0 Å². The van der Waals surface area contributed by atoms with Gasteiger partial charge < -0.3 is 10.2 Å². The molecule has 0 aromatic heterocycles. The molecule has 0 spiro atoms. The molecule has 6 heteroatoms. The molecule has 1 amide bonds. The molecular weight excluding hydrogens is 270 g/mol. The Hall–Kier alpha value is -2.11. The Kier molecular flexibility index (Phi) is 4.77. The maximum atomic E-state index is 12.0. The van der Waals surface area contributed by atoms with Gasteiger partial charge in [0.05, 0.1) is 4.92 Å². The number of hydrogen-bond donors (Lipinski definition) is 1. The van der Waals surface area contributed by atoms with Crippen molar-refractivity contribution in [1.82, 2.24) is 4.90 Å². The lowest BCUT2D eigenvalue weighted by atomic mass is 9.95. The maximum Gasteiger partial charge on any atom is 0.292 e. The summed E-state index contributed by atoms with van der Waals surface area (Å²) in [6.45, 7) is 0. The first-order valence-corrected chi connectivity index (χ1v) is 7.25. The van der Waals surface area contributed by atoms with Gasteiger partial charge in [0.15, 0.2) is 0 Å². The fourth-order valence-electron chi connectivity index (χ4n) is 2.67. The van der Waals surface area contributed by atoms with Crippen LogP contribution in [0.4, 0.5) is 11.4 Å². The Morgan fingerprint density at radius 1 is 1.29 bits per heavy atom. The predicted octanol–water partition coefficient (Wildman–Crippen LogP) is 3.04. The van der Waals surface area contributed by atoms with E-state index in [2.05, 4.69) is 5.32 Å². The number of carbonyl (C=O) groups is 1. The van der Waals surface area contributed by atoms with E-state index in [1.165, 1.54) is 23.5 Å². The van der Waals surface area contributed by atoms with E-state index in [1.54, 1.807) is 20.2 Å². The largest absolute Gasteiger partial charge is 0.377 e. The van der Waals surface area contributed by atoms with Crippen molar-refractivity contribution >= 4 is 17.3 Å². The number of hydrogen-bond acceptors (Lipinski definition) is 4. The van der Waals surface area contributed by atoms with Crippen LogP contribution in [0.2, 0.25) is 0 Å². The number of anilines is 1. The molecule has 1 fully saturated rings. The molecule has 0 saturated heterocycles. The summed E-state index contributed by atoms with van der Waals surface area (Å²) in [4.78, 5) is 24.2. The molecule has 0 unspecified atom stereocenters. The van der Waals surface area contributed by atoms with Gasteiger partial charge in [-0.2, -0.15) is 0 Å². The van der Waals surface area contributed by atoms with Crippen LogP contribution in [0.5, 0.6) is 0 Å². The molecule has 1 aromatic carbocycles. The van der Waals surface area contributed by atoms with Gasteiger partial charge >= 0.3 is 0 Å². The lowest BCUT2D eigenvalue weighted by Crippen LogP contribution is -2.24. The van der Waals surface area contributed by atoms with Gasteiger partial charge in [-0.1, -0.05) is 19.3 Å². The van der Waals surface area contributed by atoms with Crippen LogP contribution in [0.15, 0.2) is 18.2 Å². The average Bonchev–Trinajstić information content (AvgIpc) is 2.47. The summed E-state index contributed by atoms with van der Waals surface area (Å²) in [5, 5.41) is 14.4. The SMILES string of the molecule is CN(C)C(=O)c1ccc([N+](=O)[O-])c(NC2CCCCC2)c1. The van der Waals surface area contributed by atoms with Gasteiger partial charge in [-0.25, -0.2) is 0 Å². The third-order valence-electron chi connectivity index (χ3n) is 3.81. The highest BCUT2D eigenvalue weighted by atomic mass is 16.6. The highest BCUT2D eigenvalue weighted by Gasteiger charge is 2.21. The zero-order valence-corrected chi connectivity index (χ0v) is 12.5. The number of rotatable bonds is 4. The van der Waals surface area contributed by atoms with E-state index in [-0.39, 0.29) is 17.6 Å². The van der Waals surface area contributed by atoms with Crippen LogP contribution in [-0.4, -0.2) is 35.9 Å². The van der Waals surface area contributed by atoms with Crippen molar-refractivity contribution in [1.29, 1.82) is 0 Å². The van der Waals surface area contributed by atoms with Gasteiger partial charge in [0.1, 0.15) is 5.69 Å². The second-order valence-electron chi connectivity index (χ2n) is 5.67. The quantitative estimate of drug-likeness (QED) is 0.683. The number of nitrogens with zero attached hydrogens (tertiary/aromatic N) is 2. The first-order valence-electron chi connectivity index (χ1n) is 7.25. The summed E-state index contributed by atoms with van der Waals surface area (Å²) in [6, 6.07) is 4.76. The standard InChI is InChI=1S/C15H21N3O3/c1-17(2)15(19)11-8-9-14(18(20)21)13(10-11)16-12-6-4-3-5-7-12/h8-10,12,16H,3-7H2,1-2H3. The van der Waals surface area contributed by atoms with Crippen molar-refractivity contribution in [3.8, 4) is 0 Å². The zero-order chi connectivity index (χ0) is 15.4. The molecular formula is C15H21N3O3. The van der Waals surface area contributed by atoms with E-state index < -0.39 is 4.92 Å². The van der Waals surface area contributed by atoms with Gasteiger partial charge in [-0.05, 0) is 25.0 Å². The topological polar surface area (TPSA) is 75.5 Å². The molecule has 114 valence electrons. The fraction of sp³-hybridized carbons (Fsp3) is 0.533. The number of carbonyl (C=O) groups excluding carboxylic acids is 1. The molecule has 1 N–H and O–H groups in total. The first kappa shape index (κ1) is 15.3. The van der Waals surface area contributed by atoms with Crippen LogP contribution >= 0.6 is 0 Å². The Morgan fingerprint density at radius 2 is 1.95 bits per heavy atom. The van der Waals surface area contributed by atoms with Gasteiger partial charge in [0, 0.05) is 31.8 Å². The van der Waals surface area contributed by atoms with Gasteiger partial charge in [0.2, 0.25) is 0 Å². The Morgan fingerprint density at radius 3 is 2.52 bits per heavy atom. The number of nitrogens with one attached hydrogen (secondary N) is 1. The number of amides is 1. The molecule has 1 saturated carbocycles. The minimum Gasteiger partial charge on any atom is -0.377 e. The van der Waals surface area contributed by atoms with Crippen LogP contribution < -0.4 is 5.32 Å². The van der Waals surface area contributed by atoms with E-state index in [0.29, 0.717) is 11.3 Å². The molecule has 21 heavy (non-hydrogen) atoms. The van der Waals surface area contributed by atoms with Crippen molar-refractivity contribution in [3.05, 3.63) is 33.9 Å². The van der Waals surface area contributed by atoms with Crippen LogP contribution in [0.1, 0.15) is 42.5 Å². The molecule has 0 bridgehead atoms. The molecule has 2 rings (SSSR count). The van der Waals surface area contributed by atoms with Gasteiger partial charge in [-0.3, -0.25) is 14.9 Å². The van der Waals surface area contributed by atoms with Crippen LogP contribution in [0.25, 0.3) is 0 Å². The van der Waals surface area contributed by atoms with Gasteiger partial charge in [0.25, 0.3) is 11.6 Å². The van der Waals surface area contributed by atoms with E-state index in [9.17, 15) is 14.9 Å². The number of nitro benzene ring substituents is 1. The molecule has 0 atom stereocenters. The molecule has 1 aromatic rings. The van der Waals surface area contributed by atoms with Crippen LogP contribution in [0.3, 0.4) is 0 Å². The molecule has 0 heterocycles. The number of benzene rings is 1. The summed E-state index contributed by atoms with van der Waals surface area (Å²) in [6.07, 6.45) is 5.54. The smallest absolute Gasteiger partial charge is 0.292 e. The fourth-order valence-corrected chi connectivity index (χ4v) is 2.67. The van der Waals surface area contributed by atoms with Gasteiger partial charge in [-0.15, -0.1) is 0 Å². The summed E-state index contributed by atoms with van der Waals surface area (Å²) in [5.41, 5.74) is 0.930. The highest BCUT2D eigenvalue weighted by molar-refractivity contribution is 5.95. The van der Waals surface area contributed by atoms with Crippen molar-refractivity contribution in [2.24, 2.45) is 0 Å². The highest BCUT2D eigenvalue weighted by Crippen LogP contribution is 2.29. The van der Waals surface area contributed by atoms with Crippen molar-refractivity contribution < 1.29 is 9.72 Å². The summed E-state index contributed by atoms with van der Waals surface area (Å²) in [5.74, 6) is -0.156. The maximum absolute atomic E-state index is 12.0. The number of nitro groups is 1. The molecule has 1 aliphatic carbocycles.